The van der Waals surface area contributed by atoms with E-state index in [9.17, 15) is 5.11 Å². The summed E-state index contributed by atoms with van der Waals surface area (Å²) in [4.78, 5) is 11.8. The van der Waals surface area contributed by atoms with E-state index in [1.165, 1.54) is 5.56 Å². The Hall–Kier alpha value is -2.96. The molecule has 0 bridgehead atoms. The minimum Gasteiger partial charge on any atom is -0.494 e. The summed E-state index contributed by atoms with van der Waals surface area (Å²) in [6.07, 6.45) is 4.08. The van der Waals surface area contributed by atoms with Gasteiger partial charge in [-0.2, -0.15) is 0 Å². The maximum Gasteiger partial charge on any atom is 0.134 e. The van der Waals surface area contributed by atoms with E-state index in [-0.39, 0.29) is 6.61 Å². The summed E-state index contributed by atoms with van der Waals surface area (Å²) in [6, 6.07) is 16.3. The van der Waals surface area contributed by atoms with Crippen LogP contribution in [-0.2, 0) is 13.2 Å². The number of hydrogen-bond donors (Lipinski definition) is 2. The first-order valence-electron chi connectivity index (χ1n) is 11.4. The first-order chi connectivity index (χ1) is 15.7. The summed E-state index contributed by atoms with van der Waals surface area (Å²) in [7, 11) is 0. The second-order valence-corrected chi connectivity index (χ2v) is 8.35. The molecule has 1 aliphatic heterocycles. The fourth-order valence-corrected chi connectivity index (χ4v) is 4.34. The number of likely N-dealkylation sites (tertiary alicyclic amines) is 1. The maximum atomic E-state index is 9.70. The van der Waals surface area contributed by atoms with E-state index in [1.54, 1.807) is 6.20 Å². The van der Waals surface area contributed by atoms with Crippen molar-refractivity contribution < 1.29 is 9.84 Å². The van der Waals surface area contributed by atoms with E-state index in [2.05, 4.69) is 39.5 Å². The molecular weight excluding hydrogens is 400 g/mol. The summed E-state index contributed by atoms with van der Waals surface area (Å²) >= 11 is 0. The normalized spacial score (nSPS) is 16.7. The Morgan fingerprint density at radius 2 is 2.09 bits per heavy atom. The largest absolute Gasteiger partial charge is 0.494 e. The van der Waals surface area contributed by atoms with Crippen LogP contribution in [0.4, 0.5) is 11.6 Å². The molecule has 1 saturated heterocycles. The molecule has 6 nitrogen and oxygen atoms in total. The summed E-state index contributed by atoms with van der Waals surface area (Å²) < 4.78 is 5.62. The Morgan fingerprint density at radius 3 is 2.91 bits per heavy atom. The monoisotopic (exact) mass is 432 g/mol. The van der Waals surface area contributed by atoms with Crippen molar-refractivity contribution in [3.8, 4) is 5.75 Å². The zero-order valence-electron chi connectivity index (χ0n) is 18.9. The molecule has 0 amide bonds. The smallest absolute Gasteiger partial charge is 0.134 e. The van der Waals surface area contributed by atoms with Crippen molar-refractivity contribution in [3.05, 3.63) is 77.1 Å². The Bertz CT molecular complexity index is 1040. The molecule has 4 rings (SSSR count). The van der Waals surface area contributed by atoms with Gasteiger partial charge in [-0.05, 0) is 74.7 Å². The van der Waals surface area contributed by atoms with Crippen molar-refractivity contribution in [2.45, 2.75) is 45.8 Å². The van der Waals surface area contributed by atoms with Crippen LogP contribution in [0.2, 0.25) is 0 Å². The van der Waals surface area contributed by atoms with Gasteiger partial charge in [-0.3, -0.25) is 4.90 Å². The van der Waals surface area contributed by atoms with Gasteiger partial charge in [0, 0.05) is 36.5 Å². The average Bonchev–Trinajstić information content (AvgIpc) is 2.82. The predicted octanol–water partition coefficient (Wildman–Crippen LogP) is 4.80. The van der Waals surface area contributed by atoms with Crippen LogP contribution in [0.25, 0.3) is 0 Å². The number of aromatic nitrogens is 2. The highest BCUT2D eigenvalue weighted by Gasteiger charge is 2.23. The first-order valence-corrected chi connectivity index (χ1v) is 11.4. The Balaban J connectivity index is 1.43. The minimum atomic E-state index is -0.00867. The number of anilines is 2. The van der Waals surface area contributed by atoms with Gasteiger partial charge >= 0.3 is 0 Å². The van der Waals surface area contributed by atoms with Gasteiger partial charge in [0.2, 0.25) is 0 Å². The van der Waals surface area contributed by atoms with Gasteiger partial charge < -0.3 is 15.2 Å². The third-order valence-corrected chi connectivity index (χ3v) is 5.95. The number of aliphatic hydroxyl groups is 1. The number of aryl methyl sites for hydroxylation is 1. The number of rotatable bonds is 8. The molecule has 0 spiro atoms. The van der Waals surface area contributed by atoms with Crippen molar-refractivity contribution in [2.24, 2.45) is 0 Å². The van der Waals surface area contributed by atoms with Gasteiger partial charge in [-0.25, -0.2) is 9.97 Å². The third-order valence-electron chi connectivity index (χ3n) is 5.95. The van der Waals surface area contributed by atoms with Crippen LogP contribution in [-0.4, -0.2) is 39.7 Å². The highest BCUT2D eigenvalue weighted by atomic mass is 16.5. The molecule has 1 fully saturated rings. The zero-order chi connectivity index (χ0) is 22.3. The molecule has 2 N–H and O–H groups in total. The van der Waals surface area contributed by atoms with Crippen molar-refractivity contribution in [1.29, 1.82) is 0 Å². The van der Waals surface area contributed by atoms with Crippen LogP contribution < -0.4 is 10.1 Å². The van der Waals surface area contributed by atoms with E-state index in [0.29, 0.717) is 12.5 Å². The van der Waals surface area contributed by atoms with Crippen molar-refractivity contribution in [1.82, 2.24) is 14.9 Å². The molecule has 1 aliphatic rings. The lowest BCUT2D eigenvalue weighted by Crippen LogP contribution is -2.34. The highest BCUT2D eigenvalue weighted by Crippen LogP contribution is 2.29. The number of nitrogens with one attached hydrogen (secondary N) is 1. The van der Waals surface area contributed by atoms with E-state index in [4.69, 9.17) is 9.72 Å². The second-order valence-electron chi connectivity index (χ2n) is 8.35. The van der Waals surface area contributed by atoms with Crippen molar-refractivity contribution >= 4 is 11.6 Å². The van der Waals surface area contributed by atoms with Crippen LogP contribution in [0.5, 0.6) is 5.75 Å². The zero-order valence-corrected chi connectivity index (χ0v) is 18.9. The first kappa shape index (κ1) is 22.2. The topological polar surface area (TPSA) is 70.5 Å². The van der Waals surface area contributed by atoms with Gasteiger partial charge in [-0.1, -0.05) is 18.2 Å². The molecule has 0 radical (unpaired) electrons. The van der Waals surface area contributed by atoms with E-state index in [1.807, 2.05) is 38.1 Å². The molecule has 6 heteroatoms. The average molecular weight is 433 g/mol. The number of piperidine rings is 1. The number of hydrogen-bond acceptors (Lipinski definition) is 6. The molecule has 32 heavy (non-hydrogen) atoms. The van der Waals surface area contributed by atoms with E-state index in [0.717, 1.165) is 66.7 Å². The molecule has 0 unspecified atom stereocenters. The lowest BCUT2D eigenvalue weighted by atomic mass is 9.94. The fourth-order valence-electron chi connectivity index (χ4n) is 4.34. The van der Waals surface area contributed by atoms with Gasteiger partial charge in [0.15, 0.2) is 0 Å². The quantitative estimate of drug-likeness (QED) is 0.533. The Kier molecular flexibility index (Phi) is 7.35. The SMILES string of the molecule is CCOc1ccc(CN2CCC[C@H](c3cccc(Nc4ncccc4C)n3)C2)cc1CO. The van der Waals surface area contributed by atoms with Gasteiger partial charge in [0.05, 0.1) is 13.2 Å². The van der Waals surface area contributed by atoms with Crippen LogP contribution in [0.1, 0.15) is 48.1 Å². The molecule has 2 aromatic heterocycles. The van der Waals surface area contributed by atoms with Crippen LogP contribution >= 0.6 is 0 Å². The highest BCUT2D eigenvalue weighted by molar-refractivity contribution is 5.55. The lowest BCUT2D eigenvalue weighted by molar-refractivity contribution is 0.198. The summed E-state index contributed by atoms with van der Waals surface area (Å²) in [5, 5.41) is 13.1. The van der Waals surface area contributed by atoms with E-state index >= 15 is 0 Å². The predicted molar refractivity (Wildman–Crippen MR) is 127 cm³/mol. The van der Waals surface area contributed by atoms with Crippen LogP contribution in [0.15, 0.2) is 54.7 Å². The van der Waals surface area contributed by atoms with Crippen molar-refractivity contribution in [2.75, 3.05) is 25.0 Å². The van der Waals surface area contributed by atoms with Crippen molar-refractivity contribution in [3.63, 3.8) is 0 Å². The molecule has 0 aliphatic carbocycles. The number of ether oxygens (including phenoxy) is 1. The van der Waals surface area contributed by atoms with E-state index < -0.39 is 0 Å². The number of nitrogens with zero attached hydrogens (tertiary/aromatic N) is 3. The molecule has 1 atom stereocenters. The standard InChI is InChI=1S/C26H32N4O2/c1-3-32-24-12-11-20(15-22(24)18-31)16-30-14-6-8-21(17-30)23-9-4-10-25(28-23)29-26-19(2)7-5-13-27-26/h4-5,7,9-13,15,21,31H,3,6,8,14,16-18H2,1-2H3,(H,27,28,29)/t21-/m0/s1. The molecule has 1 aromatic carbocycles. The minimum absolute atomic E-state index is 0.00867. The Morgan fingerprint density at radius 1 is 1.19 bits per heavy atom. The molecular formula is C26H32N4O2. The van der Waals surface area contributed by atoms with Gasteiger partial charge in [0.1, 0.15) is 17.4 Å². The maximum absolute atomic E-state index is 9.70. The number of benzene rings is 1. The van der Waals surface area contributed by atoms with Gasteiger partial charge in [-0.15, -0.1) is 0 Å². The number of pyridine rings is 2. The second kappa shape index (κ2) is 10.6. The van der Waals surface area contributed by atoms with Crippen LogP contribution in [0, 0.1) is 6.92 Å². The van der Waals surface area contributed by atoms with Crippen LogP contribution in [0.3, 0.4) is 0 Å². The molecule has 3 heterocycles. The molecule has 0 saturated carbocycles. The fraction of sp³-hybridized carbons (Fsp3) is 0.385. The third kappa shape index (κ3) is 5.44. The molecule has 168 valence electrons. The molecule has 3 aromatic rings. The summed E-state index contributed by atoms with van der Waals surface area (Å²) in [6.45, 7) is 7.50. The Labute approximate surface area is 190 Å². The summed E-state index contributed by atoms with van der Waals surface area (Å²) in [5.74, 6) is 2.85. The van der Waals surface area contributed by atoms with Gasteiger partial charge in [0.25, 0.3) is 0 Å². The lowest BCUT2D eigenvalue weighted by Gasteiger charge is -2.32. The number of aliphatic hydroxyl groups excluding tert-OH is 1. The summed E-state index contributed by atoms with van der Waals surface area (Å²) in [5.41, 5.74) is 4.27.